The molecule has 1 aromatic carbocycles. The molecule has 1 unspecified atom stereocenters. The fourth-order valence-corrected chi connectivity index (χ4v) is 2.97. The Morgan fingerprint density at radius 2 is 2.12 bits per heavy atom. The monoisotopic (exact) mass is 296 g/mol. The Hall–Kier alpha value is -0.870. The van der Waals surface area contributed by atoms with Gasteiger partial charge >= 0.3 is 0 Å². The van der Waals surface area contributed by atoms with Crippen molar-refractivity contribution >= 4 is 21.8 Å². The van der Waals surface area contributed by atoms with Gasteiger partial charge in [0.05, 0.1) is 0 Å². The second-order valence-electron chi connectivity index (χ2n) is 4.61. The molecule has 1 aliphatic heterocycles. The Morgan fingerprint density at radius 1 is 1.41 bits per heavy atom. The van der Waals surface area contributed by atoms with E-state index in [0.29, 0.717) is 0 Å². The normalized spacial score (nSPS) is 25.8. The topological polar surface area (TPSA) is 32.3 Å². The summed E-state index contributed by atoms with van der Waals surface area (Å²) in [5.74, 6) is 0.127. The van der Waals surface area contributed by atoms with Gasteiger partial charge in [-0.2, -0.15) is 0 Å². The number of benzene rings is 1. The number of hydrogen-bond donors (Lipinski definition) is 1. The fourth-order valence-electron chi connectivity index (χ4n) is 2.29. The molecular weight excluding hydrogens is 280 g/mol. The molecule has 2 rings (SSSR count). The van der Waals surface area contributed by atoms with E-state index < -0.39 is 5.54 Å². The summed E-state index contributed by atoms with van der Waals surface area (Å²) in [7, 11) is 1.87. The molecule has 1 heterocycles. The average molecular weight is 297 g/mol. The lowest BCUT2D eigenvalue weighted by molar-refractivity contribution is -0.135. The summed E-state index contributed by atoms with van der Waals surface area (Å²) < 4.78 is 0.971. The van der Waals surface area contributed by atoms with E-state index in [4.69, 9.17) is 0 Å². The molecule has 0 bridgehead atoms. The number of rotatable bonds is 1. The van der Waals surface area contributed by atoms with Crippen molar-refractivity contribution in [3.05, 3.63) is 34.3 Å². The van der Waals surface area contributed by atoms with Crippen LogP contribution in [0.5, 0.6) is 0 Å². The number of nitrogens with zero attached hydrogens (tertiary/aromatic N) is 1. The van der Waals surface area contributed by atoms with Crippen LogP contribution in [0.2, 0.25) is 0 Å². The number of carbonyl (C=O) groups is 1. The van der Waals surface area contributed by atoms with E-state index in [1.54, 1.807) is 4.90 Å². The number of hydrogen-bond acceptors (Lipinski definition) is 2. The van der Waals surface area contributed by atoms with Gasteiger partial charge in [-0.3, -0.25) is 10.1 Å². The third-order valence-electron chi connectivity index (χ3n) is 3.34. The van der Waals surface area contributed by atoms with Crippen molar-refractivity contribution in [2.45, 2.75) is 18.9 Å². The zero-order valence-electron chi connectivity index (χ0n) is 10.2. The van der Waals surface area contributed by atoms with E-state index in [0.717, 1.165) is 29.5 Å². The van der Waals surface area contributed by atoms with Gasteiger partial charge in [0.2, 0.25) is 5.91 Å². The molecule has 3 nitrogen and oxygen atoms in total. The van der Waals surface area contributed by atoms with Crippen LogP contribution in [-0.4, -0.2) is 30.9 Å². The van der Waals surface area contributed by atoms with Gasteiger partial charge in [0.15, 0.2) is 0 Å². The lowest BCUT2D eigenvalue weighted by atomic mass is 9.90. The van der Waals surface area contributed by atoms with E-state index in [9.17, 15) is 4.79 Å². The molecule has 17 heavy (non-hydrogen) atoms. The molecular formula is C13H17BrN2O. The first-order valence-corrected chi connectivity index (χ1v) is 6.60. The average Bonchev–Trinajstić information content (AvgIpc) is 2.44. The molecule has 0 saturated carbocycles. The minimum atomic E-state index is -0.634. The van der Waals surface area contributed by atoms with Crippen molar-refractivity contribution in [1.82, 2.24) is 10.2 Å². The molecule has 0 aromatic heterocycles. The van der Waals surface area contributed by atoms with Crippen LogP contribution in [0.15, 0.2) is 28.7 Å². The highest BCUT2D eigenvalue weighted by atomic mass is 79.9. The van der Waals surface area contributed by atoms with Crippen molar-refractivity contribution in [3.63, 3.8) is 0 Å². The summed E-state index contributed by atoms with van der Waals surface area (Å²) >= 11 is 3.53. The Balaban J connectivity index is 2.46. The van der Waals surface area contributed by atoms with Crippen LogP contribution in [0, 0.1) is 0 Å². The first-order valence-electron chi connectivity index (χ1n) is 5.81. The molecule has 1 N–H and O–H groups in total. The molecule has 1 atom stereocenters. The van der Waals surface area contributed by atoms with Crippen molar-refractivity contribution in [2.75, 3.05) is 20.1 Å². The van der Waals surface area contributed by atoms with Gasteiger partial charge in [-0.05, 0) is 31.5 Å². The number of carbonyl (C=O) groups excluding carboxylic acids is 1. The van der Waals surface area contributed by atoms with Crippen LogP contribution in [0.25, 0.3) is 0 Å². The number of likely N-dealkylation sites (N-methyl/N-ethyl adjacent to an activating group) is 1. The lowest BCUT2D eigenvalue weighted by Gasteiger charge is -2.31. The predicted molar refractivity (Wildman–Crippen MR) is 71.8 cm³/mol. The number of amides is 1. The van der Waals surface area contributed by atoms with Crippen LogP contribution in [-0.2, 0) is 10.3 Å². The standard InChI is InChI=1S/C13H17BrN2O/c1-13(10-6-3-4-7-11(10)14)12(17)16(2)9-5-8-15-13/h3-4,6-7,15H,5,8-9H2,1-2H3. The predicted octanol–water partition coefficient (Wildman–Crippen LogP) is 2.12. The van der Waals surface area contributed by atoms with Crippen molar-refractivity contribution < 1.29 is 4.79 Å². The van der Waals surface area contributed by atoms with Crippen LogP contribution >= 0.6 is 15.9 Å². The Labute approximate surface area is 110 Å². The minimum absolute atomic E-state index is 0.127. The van der Waals surface area contributed by atoms with Crippen molar-refractivity contribution in [3.8, 4) is 0 Å². The Bertz CT molecular complexity index is 435. The zero-order valence-corrected chi connectivity index (χ0v) is 11.8. The van der Waals surface area contributed by atoms with Crippen LogP contribution in [0.3, 0.4) is 0 Å². The molecule has 4 heteroatoms. The molecule has 1 fully saturated rings. The van der Waals surface area contributed by atoms with Crippen LogP contribution < -0.4 is 5.32 Å². The summed E-state index contributed by atoms with van der Waals surface area (Å²) in [5.41, 5.74) is 0.365. The van der Waals surface area contributed by atoms with Gasteiger partial charge < -0.3 is 4.90 Å². The van der Waals surface area contributed by atoms with Gasteiger partial charge in [0.25, 0.3) is 0 Å². The Morgan fingerprint density at radius 3 is 2.82 bits per heavy atom. The molecule has 0 aliphatic carbocycles. The molecule has 1 amide bonds. The van der Waals surface area contributed by atoms with E-state index in [1.807, 2.05) is 38.2 Å². The fraction of sp³-hybridized carbons (Fsp3) is 0.462. The van der Waals surface area contributed by atoms with Gasteiger partial charge in [-0.15, -0.1) is 0 Å². The minimum Gasteiger partial charge on any atom is -0.344 e. The molecule has 1 aliphatic rings. The summed E-state index contributed by atoms with van der Waals surface area (Å²) in [5, 5.41) is 3.37. The quantitative estimate of drug-likeness (QED) is 0.861. The summed E-state index contributed by atoms with van der Waals surface area (Å²) in [6.07, 6.45) is 0.988. The maximum atomic E-state index is 12.5. The van der Waals surface area contributed by atoms with Gasteiger partial charge in [0, 0.05) is 18.1 Å². The second-order valence-corrected chi connectivity index (χ2v) is 5.47. The van der Waals surface area contributed by atoms with Gasteiger partial charge in [-0.25, -0.2) is 0 Å². The zero-order chi connectivity index (χ0) is 12.5. The third kappa shape index (κ3) is 2.24. The SMILES string of the molecule is CN1CCCNC(C)(c2ccccc2Br)C1=O. The maximum Gasteiger partial charge on any atom is 0.246 e. The van der Waals surface area contributed by atoms with Crippen LogP contribution in [0.1, 0.15) is 18.9 Å². The van der Waals surface area contributed by atoms with Gasteiger partial charge in [0.1, 0.15) is 5.54 Å². The van der Waals surface area contributed by atoms with Crippen molar-refractivity contribution in [1.29, 1.82) is 0 Å². The van der Waals surface area contributed by atoms with Crippen LogP contribution in [0.4, 0.5) is 0 Å². The maximum absolute atomic E-state index is 12.5. The summed E-state index contributed by atoms with van der Waals surface area (Å²) in [6, 6.07) is 7.89. The largest absolute Gasteiger partial charge is 0.344 e. The summed E-state index contributed by atoms with van der Waals surface area (Å²) in [4.78, 5) is 14.3. The van der Waals surface area contributed by atoms with E-state index in [1.165, 1.54) is 0 Å². The highest BCUT2D eigenvalue weighted by Crippen LogP contribution is 2.30. The smallest absolute Gasteiger partial charge is 0.246 e. The first-order chi connectivity index (χ1) is 8.05. The Kier molecular flexibility index (Phi) is 3.54. The van der Waals surface area contributed by atoms with E-state index >= 15 is 0 Å². The second kappa shape index (κ2) is 4.78. The first kappa shape index (κ1) is 12.6. The lowest BCUT2D eigenvalue weighted by Crippen LogP contribution is -2.50. The summed E-state index contributed by atoms with van der Waals surface area (Å²) in [6.45, 7) is 3.62. The number of nitrogens with one attached hydrogen (secondary N) is 1. The number of halogens is 1. The highest BCUT2D eigenvalue weighted by molar-refractivity contribution is 9.10. The van der Waals surface area contributed by atoms with E-state index in [-0.39, 0.29) is 5.91 Å². The van der Waals surface area contributed by atoms with Crippen molar-refractivity contribution in [2.24, 2.45) is 0 Å². The highest BCUT2D eigenvalue weighted by Gasteiger charge is 2.39. The molecule has 0 radical (unpaired) electrons. The van der Waals surface area contributed by atoms with Gasteiger partial charge in [-0.1, -0.05) is 34.1 Å². The molecule has 92 valence electrons. The molecule has 0 spiro atoms. The molecule has 1 aromatic rings. The third-order valence-corrected chi connectivity index (χ3v) is 4.03. The van der Waals surface area contributed by atoms with E-state index in [2.05, 4.69) is 21.2 Å². The molecule has 1 saturated heterocycles.